The van der Waals surface area contributed by atoms with E-state index >= 15 is 0 Å². The molecule has 1 saturated heterocycles. The number of urea groups is 1. The predicted octanol–water partition coefficient (Wildman–Crippen LogP) is 2.45. The van der Waals surface area contributed by atoms with E-state index in [4.69, 9.17) is 4.74 Å². The second-order valence-corrected chi connectivity index (χ2v) is 6.41. The molecule has 7 heteroatoms. The highest BCUT2D eigenvalue weighted by atomic mass is 16.5. The van der Waals surface area contributed by atoms with Crippen molar-refractivity contribution in [2.24, 2.45) is 0 Å². The SMILES string of the molecule is O=C(NCc1ccc2cncn2c1)N[C@H]1CCCO[C@@H]1c1ccncc1. The third-order valence-corrected chi connectivity index (χ3v) is 4.60. The molecule has 1 fully saturated rings. The molecule has 0 aliphatic carbocycles. The number of rotatable bonds is 4. The van der Waals surface area contributed by atoms with E-state index < -0.39 is 0 Å². The van der Waals surface area contributed by atoms with Gasteiger partial charge in [0.2, 0.25) is 0 Å². The Morgan fingerprint density at radius 3 is 3.00 bits per heavy atom. The van der Waals surface area contributed by atoms with E-state index in [-0.39, 0.29) is 18.2 Å². The second-order valence-electron chi connectivity index (χ2n) is 6.41. The second kappa shape index (κ2) is 7.53. The minimum Gasteiger partial charge on any atom is -0.371 e. The predicted molar refractivity (Wildman–Crippen MR) is 96.5 cm³/mol. The first kappa shape index (κ1) is 16.5. The third kappa shape index (κ3) is 3.67. The summed E-state index contributed by atoms with van der Waals surface area (Å²) in [7, 11) is 0. The molecule has 1 aliphatic heterocycles. The number of aromatic nitrogens is 3. The third-order valence-electron chi connectivity index (χ3n) is 4.60. The Labute approximate surface area is 151 Å². The van der Waals surface area contributed by atoms with E-state index in [0.717, 1.165) is 29.5 Å². The van der Waals surface area contributed by atoms with Gasteiger partial charge in [-0.15, -0.1) is 0 Å². The number of nitrogens with zero attached hydrogens (tertiary/aromatic N) is 3. The highest BCUT2D eigenvalue weighted by Crippen LogP contribution is 2.27. The van der Waals surface area contributed by atoms with E-state index in [1.807, 2.05) is 34.9 Å². The highest BCUT2D eigenvalue weighted by molar-refractivity contribution is 5.74. The van der Waals surface area contributed by atoms with Crippen LogP contribution in [0.1, 0.15) is 30.1 Å². The molecule has 0 saturated carbocycles. The van der Waals surface area contributed by atoms with Crippen molar-refractivity contribution >= 4 is 11.5 Å². The summed E-state index contributed by atoms with van der Waals surface area (Å²) in [6.45, 7) is 1.16. The fraction of sp³-hybridized carbons (Fsp3) is 0.316. The molecule has 1 aliphatic rings. The largest absolute Gasteiger partial charge is 0.371 e. The summed E-state index contributed by atoms with van der Waals surface area (Å²) in [5, 5.41) is 5.98. The van der Waals surface area contributed by atoms with Gasteiger partial charge in [-0.1, -0.05) is 6.07 Å². The van der Waals surface area contributed by atoms with Gasteiger partial charge in [0.15, 0.2) is 0 Å². The lowest BCUT2D eigenvalue weighted by atomic mass is 9.97. The van der Waals surface area contributed by atoms with Crippen molar-refractivity contribution in [3.63, 3.8) is 0 Å². The Bertz CT molecular complexity index is 880. The summed E-state index contributed by atoms with van der Waals surface area (Å²) < 4.78 is 7.83. The summed E-state index contributed by atoms with van der Waals surface area (Å²) in [6.07, 6.45) is 10.7. The number of hydrogen-bond acceptors (Lipinski definition) is 4. The number of ether oxygens (including phenoxy) is 1. The molecule has 2 amide bonds. The number of hydrogen-bond donors (Lipinski definition) is 2. The van der Waals surface area contributed by atoms with Gasteiger partial charge >= 0.3 is 6.03 Å². The maximum Gasteiger partial charge on any atom is 0.315 e. The Morgan fingerprint density at radius 1 is 1.23 bits per heavy atom. The van der Waals surface area contributed by atoms with E-state index in [2.05, 4.69) is 20.6 Å². The normalized spacial score (nSPS) is 20.0. The van der Waals surface area contributed by atoms with Gasteiger partial charge in [0, 0.05) is 31.7 Å². The zero-order valence-electron chi connectivity index (χ0n) is 14.3. The lowest BCUT2D eigenvalue weighted by Crippen LogP contribution is -2.46. The molecule has 7 nitrogen and oxygen atoms in total. The van der Waals surface area contributed by atoms with Crippen LogP contribution in [0.5, 0.6) is 0 Å². The average Bonchev–Trinajstić information content (AvgIpc) is 3.15. The van der Waals surface area contributed by atoms with Crippen molar-refractivity contribution in [3.05, 3.63) is 66.5 Å². The maximum atomic E-state index is 12.4. The Hall–Kier alpha value is -2.93. The number of carbonyl (C=O) groups excluding carboxylic acids is 1. The Kier molecular flexibility index (Phi) is 4.79. The lowest BCUT2D eigenvalue weighted by Gasteiger charge is -2.32. The Balaban J connectivity index is 1.36. The minimum atomic E-state index is -0.190. The van der Waals surface area contributed by atoms with Crippen molar-refractivity contribution < 1.29 is 9.53 Å². The molecule has 0 aromatic carbocycles. The van der Waals surface area contributed by atoms with Gasteiger partial charge in [0.25, 0.3) is 0 Å². The van der Waals surface area contributed by atoms with Gasteiger partial charge in [0.1, 0.15) is 6.10 Å². The highest BCUT2D eigenvalue weighted by Gasteiger charge is 2.28. The van der Waals surface area contributed by atoms with Crippen LogP contribution in [0, 0.1) is 0 Å². The number of fused-ring (bicyclic) bond motifs is 1. The van der Waals surface area contributed by atoms with Crippen molar-refractivity contribution in [3.8, 4) is 0 Å². The molecule has 134 valence electrons. The van der Waals surface area contributed by atoms with Crippen molar-refractivity contribution in [2.75, 3.05) is 6.61 Å². The Morgan fingerprint density at radius 2 is 2.12 bits per heavy atom. The number of nitrogens with one attached hydrogen (secondary N) is 2. The average molecular weight is 351 g/mol. The van der Waals surface area contributed by atoms with E-state index in [1.165, 1.54) is 0 Å². The molecule has 26 heavy (non-hydrogen) atoms. The molecule has 0 spiro atoms. The summed E-state index contributed by atoms with van der Waals surface area (Å²) in [6, 6.07) is 7.59. The van der Waals surface area contributed by atoms with Crippen LogP contribution < -0.4 is 10.6 Å². The first-order chi connectivity index (χ1) is 12.8. The smallest absolute Gasteiger partial charge is 0.315 e. The molecule has 4 rings (SSSR count). The molecule has 3 aromatic rings. The van der Waals surface area contributed by atoms with Crippen LogP contribution in [0.15, 0.2) is 55.4 Å². The topological polar surface area (TPSA) is 80.6 Å². The van der Waals surface area contributed by atoms with Crippen molar-refractivity contribution in [1.82, 2.24) is 25.0 Å². The van der Waals surface area contributed by atoms with Gasteiger partial charge < -0.3 is 19.8 Å². The molecular formula is C19H21N5O2. The van der Waals surface area contributed by atoms with Crippen LogP contribution >= 0.6 is 0 Å². The van der Waals surface area contributed by atoms with E-state index in [0.29, 0.717) is 13.2 Å². The first-order valence-corrected chi connectivity index (χ1v) is 8.76. The van der Waals surface area contributed by atoms with Crippen molar-refractivity contribution in [2.45, 2.75) is 31.5 Å². The molecule has 2 atom stereocenters. The number of pyridine rings is 2. The summed E-state index contributed by atoms with van der Waals surface area (Å²) >= 11 is 0. The summed E-state index contributed by atoms with van der Waals surface area (Å²) in [4.78, 5) is 20.5. The molecule has 3 aromatic heterocycles. The van der Waals surface area contributed by atoms with Gasteiger partial charge in [-0.05, 0) is 42.2 Å². The maximum absolute atomic E-state index is 12.4. The fourth-order valence-electron chi connectivity index (χ4n) is 3.28. The van der Waals surface area contributed by atoms with Crippen LogP contribution in [-0.2, 0) is 11.3 Å². The molecule has 0 radical (unpaired) electrons. The fourth-order valence-corrected chi connectivity index (χ4v) is 3.28. The summed E-state index contributed by atoms with van der Waals surface area (Å²) in [5.74, 6) is 0. The summed E-state index contributed by atoms with van der Waals surface area (Å²) in [5.41, 5.74) is 3.07. The van der Waals surface area contributed by atoms with Gasteiger partial charge in [-0.25, -0.2) is 9.78 Å². The van der Waals surface area contributed by atoms with Gasteiger partial charge in [-0.2, -0.15) is 0 Å². The molecule has 0 bridgehead atoms. The molecule has 2 N–H and O–H groups in total. The first-order valence-electron chi connectivity index (χ1n) is 8.76. The van der Waals surface area contributed by atoms with Crippen LogP contribution in [0.25, 0.3) is 5.52 Å². The van der Waals surface area contributed by atoms with Crippen LogP contribution in [-0.4, -0.2) is 33.0 Å². The molecular weight excluding hydrogens is 330 g/mol. The van der Waals surface area contributed by atoms with Gasteiger partial charge in [-0.3, -0.25) is 4.98 Å². The number of carbonyl (C=O) groups is 1. The number of amides is 2. The minimum absolute atomic E-state index is 0.0534. The number of imidazole rings is 1. The lowest BCUT2D eigenvalue weighted by molar-refractivity contribution is -0.00747. The molecule has 0 unspecified atom stereocenters. The zero-order valence-corrected chi connectivity index (χ0v) is 14.3. The van der Waals surface area contributed by atoms with Crippen LogP contribution in [0.3, 0.4) is 0 Å². The molecule has 4 heterocycles. The van der Waals surface area contributed by atoms with Gasteiger partial charge in [0.05, 0.1) is 24.1 Å². The van der Waals surface area contributed by atoms with E-state index in [1.54, 1.807) is 24.9 Å². The van der Waals surface area contributed by atoms with Crippen LogP contribution in [0.4, 0.5) is 4.79 Å². The zero-order chi connectivity index (χ0) is 17.8. The van der Waals surface area contributed by atoms with Crippen LogP contribution in [0.2, 0.25) is 0 Å². The standard InChI is InChI=1S/C19H21N5O2/c25-19(22-10-14-3-4-16-11-21-13-24(16)12-14)23-17-2-1-9-26-18(17)15-5-7-20-8-6-15/h3-8,11-13,17-18H,1-2,9-10H2,(H2,22,23,25)/t17-,18+/m0/s1. The van der Waals surface area contributed by atoms with E-state index in [9.17, 15) is 4.79 Å². The van der Waals surface area contributed by atoms with Crippen molar-refractivity contribution in [1.29, 1.82) is 0 Å². The monoisotopic (exact) mass is 351 g/mol. The quantitative estimate of drug-likeness (QED) is 0.757.